The molecule has 0 saturated heterocycles. The van der Waals surface area contributed by atoms with Crippen LogP contribution in [-0.4, -0.2) is 10.9 Å². The van der Waals surface area contributed by atoms with Crippen molar-refractivity contribution in [2.45, 2.75) is 6.42 Å². The fourth-order valence-corrected chi connectivity index (χ4v) is 7.18. The lowest BCUT2D eigenvalue weighted by atomic mass is 9.84. The average molecular weight is 410 g/mol. The first-order valence-electron chi connectivity index (χ1n) is 9.80. The summed E-state index contributed by atoms with van der Waals surface area (Å²) in [4.78, 5) is 13.6. The summed E-state index contributed by atoms with van der Waals surface area (Å²) < 4.78 is 14.8. The van der Waals surface area contributed by atoms with E-state index in [4.69, 9.17) is 0 Å². The Labute approximate surface area is 175 Å². The van der Waals surface area contributed by atoms with E-state index in [1.54, 1.807) is 12.1 Å². The molecule has 4 aromatic carbocycles. The molecule has 0 spiro atoms. The van der Waals surface area contributed by atoms with Crippen molar-refractivity contribution < 1.29 is 14.5 Å². The number of aromatic hydroxyl groups is 1. The molecule has 5 rings (SSSR count). The van der Waals surface area contributed by atoms with E-state index in [1.807, 2.05) is 78.9 Å². The molecule has 0 fully saturated rings. The predicted octanol–water partition coefficient (Wildman–Crippen LogP) is 4.17. The van der Waals surface area contributed by atoms with Gasteiger partial charge in [-0.1, -0.05) is 91.0 Å². The molecular formula is C26H19O3P. The van der Waals surface area contributed by atoms with E-state index >= 15 is 0 Å². The van der Waals surface area contributed by atoms with Crippen LogP contribution in [0.4, 0.5) is 0 Å². The molecule has 0 aliphatic heterocycles. The van der Waals surface area contributed by atoms with Crippen molar-refractivity contribution in [3.8, 4) is 5.75 Å². The van der Waals surface area contributed by atoms with Crippen LogP contribution in [0.25, 0.3) is 0 Å². The van der Waals surface area contributed by atoms with E-state index in [2.05, 4.69) is 0 Å². The highest BCUT2D eigenvalue weighted by molar-refractivity contribution is 7.85. The third kappa shape index (κ3) is 2.74. The normalized spacial score (nSPS) is 12.9. The molecule has 0 bridgehead atoms. The van der Waals surface area contributed by atoms with Crippen LogP contribution in [-0.2, 0) is 11.0 Å². The predicted molar refractivity (Wildman–Crippen MR) is 120 cm³/mol. The smallest absolute Gasteiger partial charge is 0.198 e. The lowest BCUT2D eigenvalue weighted by molar-refractivity contribution is 0.103. The maximum atomic E-state index is 14.8. The van der Waals surface area contributed by atoms with Gasteiger partial charge in [-0.25, -0.2) is 0 Å². The molecule has 0 saturated carbocycles. The van der Waals surface area contributed by atoms with Gasteiger partial charge in [0.05, 0.1) is 5.56 Å². The Morgan fingerprint density at radius 2 is 1.17 bits per heavy atom. The lowest BCUT2D eigenvalue weighted by Gasteiger charge is -2.27. The molecule has 0 unspecified atom stereocenters. The number of hydrogen-bond donors (Lipinski definition) is 1. The minimum absolute atomic E-state index is 0.0350. The second-order valence-corrected chi connectivity index (χ2v) is 10.1. The van der Waals surface area contributed by atoms with E-state index in [9.17, 15) is 14.5 Å². The van der Waals surface area contributed by atoms with Crippen LogP contribution in [0.1, 0.15) is 27.0 Å². The zero-order chi connectivity index (χ0) is 20.7. The highest BCUT2D eigenvalue weighted by Crippen LogP contribution is 2.45. The molecule has 3 nitrogen and oxygen atoms in total. The van der Waals surface area contributed by atoms with Crippen molar-refractivity contribution in [2.75, 3.05) is 0 Å². The number of rotatable bonds is 3. The minimum atomic E-state index is -3.30. The molecular weight excluding hydrogens is 391 g/mol. The van der Waals surface area contributed by atoms with E-state index in [-0.39, 0.29) is 11.5 Å². The van der Waals surface area contributed by atoms with Crippen LogP contribution in [0, 0.1) is 0 Å². The Kier molecular flexibility index (Phi) is 4.42. The summed E-state index contributed by atoms with van der Waals surface area (Å²) in [6, 6.07) is 29.3. The Bertz CT molecular complexity index is 1270. The van der Waals surface area contributed by atoms with Crippen LogP contribution in [0.3, 0.4) is 0 Å². The Hall–Kier alpha value is -3.42. The topological polar surface area (TPSA) is 54.4 Å². The number of benzene rings is 4. The Balaban J connectivity index is 1.82. The van der Waals surface area contributed by atoms with Gasteiger partial charge in [0.2, 0.25) is 0 Å². The molecule has 4 aromatic rings. The van der Waals surface area contributed by atoms with E-state index in [0.717, 1.165) is 11.1 Å². The van der Waals surface area contributed by atoms with Crippen LogP contribution < -0.4 is 15.9 Å². The van der Waals surface area contributed by atoms with Crippen LogP contribution >= 0.6 is 7.14 Å². The second kappa shape index (κ2) is 7.12. The molecule has 4 heteroatoms. The van der Waals surface area contributed by atoms with Crippen LogP contribution in [0.2, 0.25) is 0 Å². The SMILES string of the molecule is O=C1c2c(O)cccc2Cc2cccc(P(=O)(c3ccccc3)c3ccccc3)c21. The van der Waals surface area contributed by atoms with Crippen molar-refractivity contribution in [3.63, 3.8) is 0 Å². The first-order chi connectivity index (χ1) is 14.6. The molecule has 0 amide bonds. The van der Waals surface area contributed by atoms with Gasteiger partial charge < -0.3 is 9.67 Å². The third-order valence-corrected chi connectivity index (χ3v) is 8.77. The average Bonchev–Trinajstić information content (AvgIpc) is 2.79. The highest BCUT2D eigenvalue weighted by Gasteiger charge is 2.37. The zero-order valence-corrected chi connectivity index (χ0v) is 17.1. The first-order valence-corrected chi connectivity index (χ1v) is 11.5. The summed E-state index contributed by atoms with van der Waals surface area (Å²) in [5, 5.41) is 12.3. The Morgan fingerprint density at radius 1 is 0.633 bits per heavy atom. The fourth-order valence-electron chi connectivity index (χ4n) is 4.29. The van der Waals surface area contributed by atoms with Gasteiger partial charge in [0, 0.05) is 21.5 Å². The maximum Gasteiger partial charge on any atom is 0.198 e. The van der Waals surface area contributed by atoms with Gasteiger partial charge in [-0.3, -0.25) is 4.79 Å². The van der Waals surface area contributed by atoms with Crippen LogP contribution in [0.5, 0.6) is 5.75 Å². The lowest BCUT2D eigenvalue weighted by Crippen LogP contribution is -2.31. The van der Waals surface area contributed by atoms with Gasteiger partial charge in [-0.05, 0) is 23.6 Å². The number of ketones is 1. The van der Waals surface area contributed by atoms with Gasteiger partial charge >= 0.3 is 0 Å². The Morgan fingerprint density at radius 3 is 1.77 bits per heavy atom. The van der Waals surface area contributed by atoms with Crippen molar-refractivity contribution in [3.05, 3.63) is 119 Å². The van der Waals surface area contributed by atoms with Gasteiger partial charge in [0.25, 0.3) is 0 Å². The van der Waals surface area contributed by atoms with Gasteiger partial charge in [-0.15, -0.1) is 0 Å². The van der Waals surface area contributed by atoms with Crippen molar-refractivity contribution in [1.29, 1.82) is 0 Å². The summed E-state index contributed by atoms with van der Waals surface area (Å²) in [6.07, 6.45) is 0.516. The molecule has 1 N–H and O–H groups in total. The quantitative estimate of drug-likeness (QED) is 0.455. The van der Waals surface area contributed by atoms with Gasteiger partial charge in [0.15, 0.2) is 12.9 Å². The zero-order valence-electron chi connectivity index (χ0n) is 16.2. The first kappa shape index (κ1) is 18.6. The number of fused-ring (bicyclic) bond motifs is 2. The van der Waals surface area contributed by atoms with Crippen LogP contribution in [0.15, 0.2) is 97.1 Å². The van der Waals surface area contributed by atoms with Gasteiger partial charge in [-0.2, -0.15) is 0 Å². The standard InChI is InChI=1S/C26H19O3P/c27-22-15-7-9-18-17-19-10-8-16-23(25(19)26(28)24(18)22)30(29,20-11-3-1-4-12-20)21-13-5-2-6-14-21/h1-16,27H,17H2. The number of phenols is 1. The maximum absolute atomic E-state index is 14.8. The molecule has 1 aliphatic rings. The van der Waals surface area contributed by atoms with E-state index in [1.165, 1.54) is 6.07 Å². The highest BCUT2D eigenvalue weighted by atomic mass is 31.2. The largest absolute Gasteiger partial charge is 0.507 e. The fraction of sp³-hybridized carbons (Fsp3) is 0.0385. The summed E-state index contributed by atoms with van der Waals surface area (Å²) in [5.41, 5.74) is 2.38. The van der Waals surface area contributed by atoms with Crippen molar-refractivity contribution >= 4 is 28.8 Å². The van der Waals surface area contributed by atoms with E-state index < -0.39 is 7.14 Å². The van der Waals surface area contributed by atoms with Gasteiger partial charge in [0.1, 0.15) is 5.75 Å². The molecule has 0 atom stereocenters. The molecule has 0 radical (unpaired) electrons. The molecule has 146 valence electrons. The second-order valence-electron chi connectivity index (χ2n) is 7.41. The molecule has 0 heterocycles. The number of carbonyl (C=O) groups excluding carboxylic acids is 1. The van der Waals surface area contributed by atoms with E-state index in [0.29, 0.717) is 33.5 Å². The summed E-state index contributed by atoms with van der Waals surface area (Å²) >= 11 is 0. The third-order valence-electron chi connectivity index (χ3n) is 5.67. The number of hydrogen-bond acceptors (Lipinski definition) is 3. The van der Waals surface area contributed by atoms with Crippen molar-refractivity contribution in [1.82, 2.24) is 0 Å². The summed E-state index contributed by atoms with van der Waals surface area (Å²) in [6.45, 7) is 0. The molecule has 1 aliphatic carbocycles. The van der Waals surface area contributed by atoms with Crippen molar-refractivity contribution in [2.24, 2.45) is 0 Å². The summed E-state index contributed by atoms with van der Waals surface area (Å²) in [7, 11) is -3.30. The molecule has 30 heavy (non-hydrogen) atoms. The minimum Gasteiger partial charge on any atom is -0.507 e. The summed E-state index contributed by atoms with van der Waals surface area (Å²) in [5.74, 6) is -0.306. The molecule has 0 aromatic heterocycles. The monoisotopic (exact) mass is 410 g/mol. The number of phenolic OH excluding ortho intramolecular Hbond substituents is 1. The number of carbonyl (C=O) groups is 1.